The number of nitrogens with one attached hydrogen (secondary N) is 1. The van der Waals surface area contributed by atoms with E-state index in [9.17, 15) is 4.79 Å². The first-order valence-corrected chi connectivity index (χ1v) is 7.03. The maximum Gasteiger partial charge on any atom is 0.247 e. The summed E-state index contributed by atoms with van der Waals surface area (Å²) in [7, 11) is 0. The van der Waals surface area contributed by atoms with E-state index in [1.807, 2.05) is 20.8 Å². The van der Waals surface area contributed by atoms with Crippen molar-refractivity contribution >= 4 is 5.91 Å². The Hall–Kier alpha value is -1.35. The number of rotatable bonds is 2. The number of fused-ring (bicyclic) bond motifs is 3. The standard InChI is InChI=1S/C16H21NO2/c1-16(2,3)19-17-15(18)14-12-9-8-10-6-4-5-7-11(10)13(12)14/h4-7,12-14H,8-9H2,1-3H3,(H,17,18). The summed E-state index contributed by atoms with van der Waals surface area (Å²) < 4.78 is 0. The Morgan fingerprint density at radius 2 is 2.05 bits per heavy atom. The number of hydrogen-bond donors (Lipinski definition) is 1. The third kappa shape index (κ3) is 2.39. The van der Waals surface area contributed by atoms with Crippen LogP contribution < -0.4 is 5.48 Å². The number of hydroxylamine groups is 1. The second kappa shape index (κ2) is 4.34. The highest BCUT2D eigenvalue weighted by molar-refractivity contribution is 5.83. The number of carbonyl (C=O) groups is 1. The van der Waals surface area contributed by atoms with Crippen LogP contribution in [0, 0.1) is 11.8 Å². The minimum Gasteiger partial charge on any atom is -0.272 e. The zero-order chi connectivity index (χ0) is 13.6. The summed E-state index contributed by atoms with van der Waals surface area (Å²) in [5.74, 6) is 1.07. The molecule has 3 nitrogen and oxygen atoms in total. The van der Waals surface area contributed by atoms with Gasteiger partial charge in [0.25, 0.3) is 0 Å². The average Bonchev–Trinajstić information content (AvgIpc) is 3.10. The fourth-order valence-electron chi connectivity index (χ4n) is 3.20. The van der Waals surface area contributed by atoms with Crippen molar-refractivity contribution in [2.24, 2.45) is 11.8 Å². The van der Waals surface area contributed by atoms with Crippen LogP contribution in [0.3, 0.4) is 0 Å². The molecule has 0 saturated heterocycles. The lowest BCUT2D eigenvalue weighted by Gasteiger charge is -2.19. The third-order valence-corrected chi connectivity index (χ3v) is 4.09. The van der Waals surface area contributed by atoms with Gasteiger partial charge in [0.1, 0.15) is 0 Å². The van der Waals surface area contributed by atoms with E-state index in [-0.39, 0.29) is 17.4 Å². The molecule has 1 aromatic carbocycles. The quantitative estimate of drug-likeness (QED) is 0.829. The molecule has 1 amide bonds. The van der Waals surface area contributed by atoms with Crippen molar-refractivity contribution in [1.29, 1.82) is 0 Å². The van der Waals surface area contributed by atoms with E-state index in [4.69, 9.17) is 4.84 Å². The van der Waals surface area contributed by atoms with Crippen molar-refractivity contribution in [2.45, 2.75) is 45.1 Å². The third-order valence-electron chi connectivity index (χ3n) is 4.09. The van der Waals surface area contributed by atoms with Gasteiger partial charge >= 0.3 is 0 Å². The molecule has 3 unspecified atom stereocenters. The van der Waals surface area contributed by atoms with Crippen LogP contribution in [0.1, 0.15) is 44.2 Å². The highest BCUT2D eigenvalue weighted by Gasteiger charge is 2.57. The first-order valence-electron chi connectivity index (χ1n) is 7.03. The van der Waals surface area contributed by atoms with E-state index in [2.05, 4.69) is 29.7 Å². The van der Waals surface area contributed by atoms with Crippen LogP contribution in [0.15, 0.2) is 24.3 Å². The number of benzene rings is 1. The van der Waals surface area contributed by atoms with Gasteiger partial charge in [-0.25, -0.2) is 5.48 Å². The van der Waals surface area contributed by atoms with Crippen LogP contribution in [0.5, 0.6) is 0 Å². The van der Waals surface area contributed by atoms with Gasteiger partial charge in [0.05, 0.1) is 11.5 Å². The summed E-state index contributed by atoms with van der Waals surface area (Å²) >= 11 is 0. The Morgan fingerprint density at radius 1 is 1.32 bits per heavy atom. The van der Waals surface area contributed by atoms with Crippen molar-refractivity contribution in [3.8, 4) is 0 Å². The SMILES string of the molecule is CC(C)(C)ONC(=O)C1C2CCc3ccccc3C21. The number of carbonyl (C=O) groups excluding carboxylic acids is 1. The number of amides is 1. The van der Waals surface area contributed by atoms with Gasteiger partial charge in [0.2, 0.25) is 5.91 Å². The molecule has 3 heteroatoms. The predicted octanol–water partition coefficient (Wildman–Crippen LogP) is 2.81. The van der Waals surface area contributed by atoms with Gasteiger partial charge in [0, 0.05) is 0 Å². The topological polar surface area (TPSA) is 38.3 Å². The molecule has 1 fully saturated rings. The molecule has 3 rings (SSSR count). The van der Waals surface area contributed by atoms with Crippen molar-refractivity contribution < 1.29 is 9.63 Å². The summed E-state index contributed by atoms with van der Waals surface area (Å²) in [6.45, 7) is 5.80. The van der Waals surface area contributed by atoms with Gasteiger partial charge < -0.3 is 0 Å². The van der Waals surface area contributed by atoms with E-state index < -0.39 is 0 Å². The Kier molecular flexibility index (Phi) is 2.90. The van der Waals surface area contributed by atoms with Gasteiger partial charge in [-0.15, -0.1) is 0 Å². The fourth-order valence-corrected chi connectivity index (χ4v) is 3.20. The summed E-state index contributed by atoms with van der Waals surface area (Å²) in [4.78, 5) is 17.6. The van der Waals surface area contributed by atoms with Gasteiger partial charge in [-0.1, -0.05) is 24.3 Å². The number of hydrogen-bond acceptors (Lipinski definition) is 2. The van der Waals surface area contributed by atoms with E-state index >= 15 is 0 Å². The molecule has 0 bridgehead atoms. The molecule has 2 aliphatic carbocycles. The van der Waals surface area contributed by atoms with Crippen LogP contribution in [-0.2, 0) is 16.1 Å². The second-order valence-corrected chi connectivity index (χ2v) is 6.63. The lowest BCUT2D eigenvalue weighted by atomic mass is 9.92. The maximum atomic E-state index is 12.2. The Bertz CT molecular complexity index is 504. The highest BCUT2D eigenvalue weighted by Crippen LogP contribution is 2.59. The van der Waals surface area contributed by atoms with E-state index in [1.54, 1.807) is 0 Å². The molecule has 2 aliphatic rings. The molecule has 0 spiro atoms. The Morgan fingerprint density at radius 3 is 2.79 bits per heavy atom. The van der Waals surface area contributed by atoms with Gasteiger partial charge in [0.15, 0.2) is 0 Å². The first kappa shape index (κ1) is 12.7. The average molecular weight is 259 g/mol. The van der Waals surface area contributed by atoms with Crippen LogP contribution in [0.25, 0.3) is 0 Å². The van der Waals surface area contributed by atoms with Gasteiger partial charge in [-0.05, 0) is 56.6 Å². The first-order chi connectivity index (χ1) is 8.97. The molecule has 0 aliphatic heterocycles. The molecule has 0 radical (unpaired) electrons. The summed E-state index contributed by atoms with van der Waals surface area (Å²) in [5, 5.41) is 0. The molecule has 0 aromatic heterocycles. The normalized spacial score (nSPS) is 28.3. The minimum absolute atomic E-state index is 0.0432. The van der Waals surface area contributed by atoms with Crippen molar-refractivity contribution in [1.82, 2.24) is 5.48 Å². The Balaban J connectivity index is 1.69. The van der Waals surface area contributed by atoms with Crippen LogP contribution in [-0.4, -0.2) is 11.5 Å². The Labute approximate surface area is 114 Å². The molecule has 1 saturated carbocycles. The number of aryl methyl sites for hydroxylation is 1. The zero-order valence-corrected chi connectivity index (χ0v) is 11.8. The molecule has 19 heavy (non-hydrogen) atoms. The predicted molar refractivity (Wildman–Crippen MR) is 73.5 cm³/mol. The molecule has 102 valence electrons. The van der Waals surface area contributed by atoms with Crippen LogP contribution in [0.4, 0.5) is 0 Å². The van der Waals surface area contributed by atoms with Crippen LogP contribution >= 0.6 is 0 Å². The smallest absolute Gasteiger partial charge is 0.247 e. The molecule has 0 heterocycles. The lowest BCUT2D eigenvalue weighted by molar-refractivity contribution is -0.147. The van der Waals surface area contributed by atoms with E-state index in [1.165, 1.54) is 11.1 Å². The van der Waals surface area contributed by atoms with Crippen molar-refractivity contribution in [2.75, 3.05) is 0 Å². The molecule has 1 N–H and O–H groups in total. The monoisotopic (exact) mass is 259 g/mol. The van der Waals surface area contributed by atoms with Crippen molar-refractivity contribution in [3.05, 3.63) is 35.4 Å². The maximum absolute atomic E-state index is 12.2. The summed E-state index contributed by atoms with van der Waals surface area (Å²) in [6, 6.07) is 8.51. The van der Waals surface area contributed by atoms with Gasteiger partial charge in [-0.3, -0.25) is 9.63 Å². The molecule has 3 atom stereocenters. The molecular weight excluding hydrogens is 238 g/mol. The summed E-state index contributed by atoms with van der Waals surface area (Å²) in [5.41, 5.74) is 5.08. The van der Waals surface area contributed by atoms with Gasteiger partial charge in [-0.2, -0.15) is 0 Å². The second-order valence-electron chi connectivity index (χ2n) is 6.63. The summed E-state index contributed by atoms with van der Waals surface area (Å²) in [6.07, 6.45) is 2.22. The fraction of sp³-hybridized carbons (Fsp3) is 0.562. The highest BCUT2D eigenvalue weighted by atomic mass is 16.7. The molecular formula is C16H21NO2. The van der Waals surface area contributed by atoms with E-state index in [0.29, 0.717) is 11.8 Å². The minimum atomic E-state index is -0.340. The largest absolute Gasteiger partial charge is 0.272 e. The van der Waals surface area contributed by atoms with Crippen LogP contribution in [0.2, 0.25) is 0 Å². The lowest BCUT2D eigenvalue weighted by Crippen LogP contribution is -2.34. The van der Waals surface area contributed by atoms with E-state index in [0.717, 1.165) is 12.8 Å². The zero-order valence-electron chi connectivity index (χ0n) is 11.8. The van der Waals surface area contributed by atoms with Crippen molar-refractivity contribution in [3.63, 3.8) is 0 Å². The molecule has 1 aromatic rings.